The summed E-state index contributed by atoms with van der Waals surface area (Å²) in [5.74, 6) is 0. The minimum absolute atomic E-state index is 0.133. The van der Waals surface area contributed by atoms with Crippen LogP contribution in [0.1, 0.15) is 38.9 Å². The zero-order chi connectivity index (χ0) is 43.4. The fraction of sp³-hybridized carbons (Fsp3) is 0.0645. The van der Waals surface area contributed by atoms with Crippen LogP contribution in [0, 0.1) is 20.8 Å². The lowest BCUT2D eigenvalue weighted by Gasteiger charge is -2.52. The Bertz CT molecular complexity index is 3460. The molecule has 0 N–H and O–H groups in total. The maximum absolute atomic E-state index is 2.66. The summed E-state index contributed by atoms with van der Waals surface area (Å²) in [6.45, 7) is 6.64. The predicted molar refractivity (Wildman–Crippen MR) is 275 cm³/mol. The Morgan fingerprint density at radius 2 is 1.05 bits per heavy atom. The zero-order valence-corrected chi connectivity index (χ0v) is 36.8. The first kappa shape index (κ1) is 37.7. The second-order valence-corrected chi connectivity index (χ2v) is 18.2. The molecule has 3 heterocycles. The van der Waals surface area contributed by atoms with Crippen molar-refractivity contribution in [2.75, 3.05) is 9.71 Å². The largest absolute Gasteiger partial charge is 0.376 e. The molecule has 0 aromatic heterocycles. The van der Waals surface area contributed by atoms with Crippen molar-refractivity contribution in [1.82, 2.24) is 0 Å². The summed E-state index contributed by atoms with van der Waals surface area (Å²) in [6.07, 6.45) is 0. The van der Waals surface area contributed by atoms with Crippen LogP contribution in [0.3, 0.4) is 0 Å². The van der Waals surface area contributed by atoms with Gasteiger partial charge in [-0.1, -0.05) is 188 Å². The summed E-state index contributed by atoms with van der Waals surface area (Å²) in [4.78, 5) is 5.30. The van der Waals surface area contributed by atoms with E-state index in [-0.39, 0.29) is 6.85 Å². The number of fused-ring (bicyclic) bond motifs is 8. The van der Waals surface area contributed by atoms with Crippen LogP contribution >= 0.6 is 0 Å². The molecular weight excluding hydrogens is 784 g/mol. The van der Waals surface area contributed by atoms with Crippen LogP contribution in [0.4, 0.5) is 28.4 Å². The zero-order valence-electron chi connectivity index (χ0n) is 36.8. The van der Waals surface area contributed by atoms with Crippen molar-refractivity contribution in [2.24, 2.45) is 0 Å². The fourth-order valence-corrected chi connectivity index (χ4v) is 12.1. The van der Waals surface area contributed by atoms with E-state index in [1.165, 1.54) is 117 Å². The highest BCUT2D eigenvalue weighted by Gasteiger charge is 2.53. The van der Waals surface area contributed by atoms with Crippen LogP contribution in [-0.4, -0.2) is 6.85 Å². The third kappa shape index (κ3) is 5.36. The van der Waals surface area contributed by atoms with Gasteiger partial charge in [-0.05, 0) is 140 Å². The minimum atomic E-state index is -0.589. The Balaban J connectivity index is 1.19. The lowest BCUT2D eigenvalue weighted by atomic mass is 9.42. The number of rotatable bonds is 5. The fourth-order valence-electron chi connectivity index (χ4n) is 12.1. The molecule has 306 valence electrons. The molecule has 0 unspecified atom stereocenters. The summed E-state index contributed by atoms with van der Waals surface area (Å²) >= 11 is 0. The molecule has 0 bridgehead atoms. The second-order valence-electron chi connectivity index (χ2n) is 18.2. The second kappa shape index (κ2) is 14.3. The summed E-state index contributed by atoms with van der Waals surface area (Å²) in [5.41, 5.74) is 24.6. The number of hydrogen-bond acceptors (Lipinski definition) is 2. The summed E-state index contributed by atoms with van der Waals surface area (Å²) in [5, 5.41) is 2.50. The van der Waals surface area contributed by atoms with E-state index in [1.807, 2.05) is 0 Å². The molecule has 0 fully saturated rings. The van der Waals surface area contributed by atoms with Crippen LogP contribution < -0.4 is 20.6 Å². The smallest absolute Gasteiger partial charge is 0.333 e. The molecule has 0 aliphatic carbocycles. The van der Waals surface area contributed by atoms with Crippen molar-refractivity contribution >= 4 is 57.0 Å². The summed E-state index contributed by atoms with van der Waals surface area (Å²) in [7, 11) is 0. The van der Waals surface area contributed by atoms with E-state index in [2.05, 4.69) is 249 Å². The minimum Gasteiger partial charge on any atom is -0.376 e. The Morgan fingerprint density at radius 1 is 0.431 bits per heavy atom. The van der Waals surface area contributed by atoms with E-state index in [4.69, 9.17) is 0 Å². The predicted octanol–water partition coefficient (Wildman–Crippen LogP) is 14.5. The molecule has 0 saturated carbocycles. The molecule has 0 atom stereocenters. The first-order valence-electron chi connectivity index (χ1n) is 22.9. The standard InChI is InChI=1S/C62H45BN2/c1-40-36-41(2)58(42(3)37-40)46-38-51-59-50-25-14-13-20-45(50)32-35-56(59)65(49-33-30-44(31-34-49)43-18-7-4-8-19-43)63-54-28-17-27-53-61(54)64(57(39-46)60(51)63)55-29-16-15-26-52(55)62(53,47-21-9-5-10-22-47)48-23-11-6-12-24-48/h4-39H,1-3H3. The Morgan fingerprint density at radius 3 is 1.77 bits per heavy atom. The van der Waals surface area contributed by atoms with E-state index in [0.29, 0.717) is 0 Å². The van der Waals surface area contributed by atoms with Crippen molar-refractivity contribution in [3.63, 3.8) is 0 Å². The molecule has 3 aliphatic rings. The maximum atomic E-state index is 2.66. The molecule has 2 nitrogen and oxygen atoms in total. The van der Waals surface area contributed by atoms with E-state index in [1.54, 1.807) is 0 Å². The van der Waals surface area contributed by atoms with Gasteiger partial charge in [0.05, 0.1) is 11.1 Å². The Hall–Kier alpha value is -7.88. The average Bonchev–Trinajstić information content (AvgIpc) is 3.35. The van der Waals surface area contributed by atoms with Crippen LogP contribution in [0.2, 0.25) is 0 Å². The van der Waals surface area contributed by atoms with Crippen molar-refractivity contribution in [2.45, 2.75) is 26.2 Å². The van der Waals surface area contributed by atoms with Crippen LogP contribution in [-0.2, 0) is 5.41 Å². The van der Waals surface area contributed by atoms with Gasteiger partial charge >= 0.3 is 6.85 Å². The van der Waals surface area contributed by atoms with Gasteiger partial charge < -0.3 is 9.71 Å². The van der Waals surface area contributed by atoms with E-state index < -0.39 is 5.41 Å². The monoisotopic (exact) mass is 828 g/mol. The van der Waals surface area contributed by atoms with Gasteiger partial charge in [-0.3, -0.25) is 0 Å². The van der Waals surface area contributed by atoms with Gasteiger partial charge in [-0.25, -0.2) is 0 Å². The number of aryl methyl sites for hydroxylation is 3. The molecule has 0 amide bonds. The molecule has 3 aliphatic heterocycles. The van der Waals surface area contributed by atoms with Crippen molar-refractivity contribution in [1.29, 1.82) is 0 Å². The third-order valence-corrected chi connectivity index (χ3v) is 14.5. The van der Waals surface area contributed by atoms with E-state index >= 15 is 0 Å². The normalized spacial score (nSPS) is 13.8. The lowest BCUT2D eigenvalue weighted by Crippen LogP contribution is -2.62. The summed E-state index contributed by atoms with van der Waals surface area (Å²) in [6, 6.07) is 82.2. The summed E-state index contributed by atoms with van der Waals surface area (Å²) < 4.78 is 0. The van der Waals surface area contributed by atoms with Gasteiger partial charge in [0.1, 0.15) is 0 Å². The first-order valence-corrected chi connectivity index (χ1v) is 22.9. The molecule has 0 saturated heterocycles. The van der Waals surface area contributed by atoms with Crippen molar-refractivity contribution in [3.05, 3.63) is 257 Å². The number of hydrogen-bond donors (Lipinski definition) is 0. The van der Waals surface area contributed by atoms with Gasteiger partial charge in [0.25, 0.3) is 0 Å². The quantitative estimate of drug-likeness (QED) is 0.160. The molecule has 0 spiro atoms. The average molecular weight is 829 g/mol. The van der Waals surface area contributed by atoms with Gasteiger partial charge in [0.15, 0.2) is 0 Å². The Kier molecular flexibility index (Phi) is 8.30. The SMILES string of the molecule is Cc1cc(C)c(-c2cc3c4c(c2)N2c5ccccc5C(c5ccccc5)(c5ccccc5)c5cccc(c52)B4N(c2ccc(-c4ccccc4)cc2)c2ccc4ccccc4c2-3)c(C)c1. The molecule has 10 aromatic carbocycles. The number of anilines is 5. The van der Waals surface area contributed by atoms with Crippen LogP contribution in [0.15, 0.2) is 218 Å². The number of nitrogens with zero attached hydrogens (tertiary/aromatic N) is 2. The molecule has 65 heavy (non-hydrogen) atoms. The number of para-hydroxylation sites is 2. The lowest BCUT2D eigenvalue weighted by molar-refractivity contribution is 0.732. The van der Waals surface area contributed by atoms with Crippen molar-refractivity contribution < 1.29 is 0 Å². The molecule has 3 heteroatoms. The van der Waals surface area contributed by atoms with Gasteiger partial charge in [-0.2, -0.15) is 0 Å². The van der Waals surface area contributed by atoms with Crippen molar-refractivity contribution in [3.8, 4) is 33.4 Å². The molecule has 13 rings (SSSR count). The molecule has 10 aromatic rings. The van der Waals surface area contributed by atoms with Crippen LogP contribution in [0.25, 0.3) is 44.2 Å². The van der Waals surface area contributed by atoms with Gasteiger partial charge in [-0.15, -0.1) is 0 Å². The molecule has 0 radical (unpaired) electrons. The first-order chi connectivity index (χ1) is 32.0. The van der Waals surface area contributed by atoms with Crippen LogP contribution in [0.5, 0.6) is 0 Å². The van der Waals surface area contributed by atoms with E-state index in [0.717, 1.165) is 5.69 Å². The number of benzene rings is 10. The van der Waals surface area contributed by atoms with Gasteiger partial charge in [0, 0.05) is 28.3 Å². The van der Waals surface area contributed by atoms with E-state index in [9.17, 15) is 0 Å². The Labute approximate surface area is 381 Å². The highest BCUT2D eigenvalue weighted by molar-refractivity contribution is 6.93. The highest BCUT2D eigenvalue weighted by atomic mass is 15.2. The topological polar surface area (TPSA) is 6.48 Å². The van der Waals surface area contributed by atoms with Gasteiger partial charge in [0.2, 0.25) is 0 Å². The molecular formula is C62H45BN2. The highest BCUT2D eigenvalue weighted by Crippen LogP contribution is 2.60. The maximum Gasteiger partial charge on any atom is 0.333 e. The third-order valence-electron chi connectivity index (χ3n) is 14.5.